The zero-order chi connectivity index (χ0) is 16.5. The first-order chi connectivity index (χ1) is 11.2. The fraction of sp³-hybridized carbons (Fsp3) is 0.706. The Hall–Kier alpha value is -1.85. The number of nitrogens with two attached hydrogens (primary N) is 1. The lowest BCUT2D eigenvalue weighted by Crippen LogP contribution is -2.10. The van der Waals surface area contributed by atoms with Crippen molar-refractivity contribution in [3.63, 3.8) is 0 Å². The molecule has 6 heteroatoms. The molecule has 0 aliphatic heterocycles. The van der Waals surface area contributed by atoms with Crippen molar-refractivity contribution in [1.29, 1.82) is 0 Å². The van der Waals surface area contributed by atoms with Crippen molar-refractivity contribution in [2.24, 2.45) is 0 Å². The van der Waals surface area contributed by atoms with Gasteiger partial charge in [0, 0.05) is 6.42 Å². The number of fused-ring (bicyclic) bond motifs is 1. The van der Waals surface area contributed by atoms with Crippen LogP contribution in [-0.4, -0.2) is 19.9 Å². The fourth-order valence-corrected chi connectivity index (χ4v) is 2.87. The Morgan fingerprint density at radius 3 is 2.13 bits per heavy atom. The van der Waals surface area contributed by atoms with Crippen LogP contribution in [0.1, 0.15) is 77.0 Å². The minimum absolute atomic E-state index is 0.111. The van der Waals surface area contributed by atoms with Gasteiger partial charge in [-0.3, -0.25) is 9.78 Å². The first-order valence-electron chi connectivity index (χ1n) is 8.95. The molecule has 0 aromatic carbocycles. The normalized spacial score (nSPS) is 11.3. The first-order valence-corrected chi connectivity index (χ1v) is 8.95. The van der Waals surface area contributed by atoms with Gasteiger partial charge in [0.2, 0.25) is 5.95 Å². The van der Waals surface area contributed by atoms with E-state index in [-0.39, 0.29) is 11.5 Å². The lowest BCUT2D eigenvalue weighted by Gasteiger charge is -2.01. The van der Waals surface area contributed by atoms with Crippen molar-refractivity contribution in [2.45, 2.75) is 77.6 Å². The summed E-state index contributed by atoms with van der Waals surface area (Å²) in [5.74, 6) is 0.933. The number of hydrogen-bond donors (Lipinski definition) is 3. The van der Waals surface area contributed by atoms with Crippen molar-refractivity contribution in [2.75, 3.05) is 5.73 Å². The predicted octanol–water partition coefficient (Wildman–Crippen LogP) is 3.69. The fourth-order valence-electron chi connectivity index (χ4n) is 2.87. The van der Waals surface area contributed by atoms with E-state index in [2.05, 4.69) is 26.9 Å². The third-order valence-corrected chi connectivity index (χ3v) is 4.20. The largest absolute Gasteiger partial charge is 0.369 e. The van der Waals surface area contributed by atoms with Gasteiger partial charge in [0.1, 0.15) is 5.82 Å². The Labute approximate surface area is 137 Å². The standard InChI is InChI=1S/C17H29N5O/c1-2-3-4-5-6-7-8-9-10-11-12-13-19-14-15(20-13)21-17(18)22-16(14)23/h2-12H2,1H3,(H4,18,19,20,21,22,23). The van der Waals surface area contributed by atoms with E-state index in [0.29, 0.717) is 11.2 Å². The molecule has 2 aromatic rings. The monoisotopic (exact) mass is 319 g/mol. The minimum atomic E-state index is -0.255. The van der Waals surface area contributed by atoms with Crippen LogP contribution in [0.3, 0.4) is 0 Å². The van der Waals surface area contributed by atoms with Gasteiger partial charge in [-0.25, -0.2) is 4.98 Å². The molecule has 0 saturated carbocycles. The van der Waals surface area contributed by atoms with Gasteiger partial charge in [0.15, 0.2) is 11.2 Å². The Bertz CT molecular complexity index is 646. The van der Waals surface area contributed by atoms with Crippen molar-refractivity contribution in [3.05, 3.63) is 16.2 Å². The highest BCUT2D eigenvalue weighted by atomic mass is 16.1. The molecule has 2 rings (SSSR count). The van der Waals surface area contributed by atoms with Gasteiger partial charge in [-0.2, -0.15) is 4.98 Å². The number of nitrogen functional groups attached to an aromatic ring is 1. The second-order valence-corrected chi connectivity index (χ2v) is 6.27. The van der Waals surface area contributed by atoms with Crippen molar-refractivity contribution in [3.8, 4) is 0 Å². The van der Waals surface area contributed by atoms with E-state index in [1.54, 1.807) is 0 Å². The summed E-state index contributed by atoms with van der Waals surface area (Å²) in [6.07, 6.45) is 13.9. The van der Waals surface area contributed by atoms with Crippen molar-refractivity contribution >= 4 is 17.1 Å². The maximum absolute atomic E-state index is 11.7. The number of rotatable bonds is 11. The first kappa shape index (κ1) is 17.5. The summed E-state index contributed by atoms with van der Waals surface area (Å²) in [6, 6.07) is 0. The summed E-state index contributed by atoms with van der Waals surface area (Å²) in [5, 5.41) is 0. The van der Waals surface area contributed by atoms with E-state index in [1.165, 1.54) is 57.8 Å². The maximum Gasteiger partial charge on any atom is 0.278 e. The van der Waals surface area contributed by atoms with Crippen LogP contribution in [0.15, 0.2) is 4.79 Å². The van der Waals surface area contributed by atoms with Crippen LogP contribution < -0.4 is 11.3 Å². The highest BCUT2D eigenvalue weighted by Gasteiger charge is 2.08. The molecule has 0 bridgehead atoms. The van der Waals surface area contributed by atoms with E-state index in [4.69, 9.17) is 5.73 Å². The zero-order valence-corrected chi connectivity index (χ0v) is 14.2. The van der Waals surface area contributed by atoms with Crippen LogP contribution in [0.4, 0.5) is 5.95 Å². The van der Waals surface area contributed by atoms with E-state index in [1.807, 2.05) is 0 Å². The van der Waals surface area contributed by atoms with Crippen LogP contribution in [-0.2, 0) is 6.42 Å². The molecule has 0 amide bonds. The van der Waals surface area contributed by atoms with Gasteiger partial charge in [-0.15, -0.1) is 0 Å². The number of anilines is 1. The molecule has 0 spiro atoms. The van der Waals surface area contributed by atoms with E-state index < -0.39 is 0 Å². The summed E-state index contributed by atoms with van der Waals surface area (Å²) < 4.78 is 0. The molecule has 0 aliphatic carbocycles. The minimum Gasteiger partial charge on any atom is -0.369 e. The summed E-state index contributed by atoms with van der Waals surface area (Å²) in [6.45, 7) is 2.25. The van der Waals surface area contributed by atoms with Crippen molar-refractivity contribution in [1.82, 2.24) is 19.9 Å². The molecule has 2 aromatic heterocycles. The number of H-pyrrole nitrogens is 2. The molecule has 2 heterocycles. The van der Waals surface area contributed by atoms with E-state index in [0.717, 1.165) is 18.7 Å². The molecule has 0 radical (unpaired) electrons. The molecule has 0 atom stereocenters. The topological polar surface area (TPSA) is 100 Å². The molecule has 23 heavy (non-hydrogen) atoms. The molecular weight excluding hydrogens is 290 g/mol. The number of aromatic nitrogens is 4. The number of nitrogens with one attached hydrogen (secondary N) is 2. The van der Waals surface area contributed by atoms with E-state index >= 15 is 0 Å². The Morgan fingerprint density at radius 1 is 0.870 bits per heavy atom. The number of nitrogens with zero attached hydrogens (tertiary/aromatic N) is 2. The second-order valence-electron chi connectivity index (χ2n) is 6.27. The molecule has 0 unspecified atom stereocenters. The molecule has 0 fully saturated rings. The van der Waals surface area contributed by atoms with Gasteiger partial charge in [0.05, 0.1) is 0 Å². The third-order valence-electron chi connectivity index (χ3n) is 4.20. The average Bonchev–Trinajstić information content (AvgIpc) is 2.92. The van der Waals surface area contributed by atoms with Gasteiger partial charge < -0.3 is 10.7 Å². The lowest BCUT2D eigenvalue weighted by atomic mass is 10.1. The predicted molar refractivity (Wildman–Crippen MR) is 94.5 cm³/mol. The highest BCUT2D eigenvalue weighted by molar-refractivity contribution is 5.70. The molecule has 128 valence electrons. The van der Waals surface area contributed by atoms with Gasteiger partial charge >= 0.3 is 0 Å². The number of unbranched alkanes of at least 4 members (excludes halogenated alkanes) is 9. The smallest absolute Gasteiger partial charge is 0.278 e. The average molecular weight is 319 g/mol. The highest BCUT2D eigenvalue weighted by Crippen LogP contribution is 2.12. The summed E-state index contributed by atoms with van der Waals surface area (Å²) in [7, 11) is 0. The summed E-state index contributed by atoms with van der Waals surface area (Å²) in [5.41, 5.74) is 6.09. The van der Waals surface area contributed by atoms with Gasteiger partial charge in [-0.1, -0.05) is 64.7 Å². The lowest BCUT2D eigenvalue weighted by molar-refractivity contribution is 0.554. The summed E-state index contributed by atoms with van der Waals surface area (Å²) in [4.78, 5) is 25.6. The SMILES string of the molecule is CCCCCCCCCCCCc1nc2nc(N)[nH]c(=O)c2[nH]1. The van der Waals surface area contributed by atoms with Crippen LogP contribution in [0.2, 0.25) is 0 Å². The van der Waals surface area contributed by atoms with Crippen LogP contribution >= 0.6 is 0 Å². The molecule has 0 aliphatic rings. The number of hydrogen-bond acceptors (Lipinski definition) is 4. The molecule has 6 nitrogen and oxygen atoms in total. The quantitative estimate of drug-likeness (QED) is 0.550. The van der Waals surface area contributed by atoms with E-state index in [9.17, 15) is 4.79 Å². The van der Waals surface area contributed by atoms with Crippen LogP contribution in [0, 0.1) is 0 Å². The van der Waals surface area contributed by atoms with Crippen molar-refractivity contribution < 1.29 is 0 Å². The third kappa shape index (κ3) is 5.69. The number of imidazole rings is 1. The van der Waals surface area contributed by atoms with Crippen LogP contribution in [0.25, 0.3) is 11.2 Å². The van der Waals surface area contributed by atoms with Gasteiger partial charge in [-0.05, 0) is 6.42 Å². The zero-order valence-electron chi connectivity index (χ0n) is 14.2. The summed E-state index contributed by atoms with van der Waals surface area (Å²) >= 11 is 0. The Kier molecular flexibility index (Phi) is 7.10. The molecule has 0 saturated heterocycles. The molecule has 4 N–H and O–H groups in total. The Morgan fingerprint density at radius 2 is 1.48 bits per heavy atom. The van der Waals surface area contributed by atoms with Crippen LogP contribution in [0.5, 0.6) is 0 Å². The molecular formula is C17H29N5O. The number of aromatic amines is 2. The maximum atomic E-state index is 11.7. The number of aryl methyl sites for hydroxylation is 1. The second kappa shape index (κ2) is 9.33. The van der Waals surface area contributed by atoms with Gasteiger partial charge in [0.25, 0.3) is 5.56 Å². The Balaban J connectivity index is 1.62.